The summed E-state index contributed by atoms with van der Waals surface area (Å²) in [6.07, 6.45) is 2.18. The van der Waals surface area contributed by atoms with E-state index < -0.39 is 5.92 Å². The Balaban J connectivity index is 1.47. The van der Waals surface area contributed by atoms with Gasteiger partial charge >= 0.3 is 0 Å². The van der Waals surface area contributed by atoms with Gasteiger partial charge in [-0.15, -0.1) is 0 Å². The third-order valence-corrected chi connectivity index (χ3v) is 6.39. The molecule has 33 heavy (non-hydrogen) atoms. The van der Waals surface area contributed by atoms with Crippen LogP contribution in [0.3, 0.4) is 0 Å². The van der Waals surface area contributed by atoms with Gasteiger partial charge in [-0.1, -0.05) is 48.0 Å². The molecule has 164 valence electrons. The van der Waals surface area contributed by atoms with Gasteiger partial charge in [-0.25, -0.2) is 4.98 Å². The molecule has 1 saturated carbocycles. The molecule has 0 saturated heterocycles. The fourth-order valence-corrected chi connectivity index (χ4v) is 4.53. The average molecular weight is 456 g/mol. The van der Waals surface area contributed by atoms with Crippen molar-refractivity contribution in [2.75, 3.05) is 5.32 Å². The Morgan fingerprint density at radius 2 is 1.97 bits per heavy atom. The number of benzene rings is 2. The number of anilines is 1. The number of rotatable bonds is 5. The number of nitrogens with zero attached hydrogens (tertiary/aromatic N) is 4. The monoisotopic (exact) mass is 455 g/mol. The lowest BCUT2D eigenvalue weighted by atomic mass is 9.92. The summed E-state index contributed by atoms with van der Waals surface area (Å²) >= 11 is 6.56. The molecule has 2 aromatic heterocycles. The molecular formula is C26H22ClN5O. The standard InChI is InChI=1S/C26H22ClN5O/c1-15-24-20(13-23(17-8-9-17)30-25(24)32(2)31-15)26(33)29-18-10-11-19(22(27)12-18)21(14-28)16-6-4-3-5-7-16/h3-7,10-13,17,21H,8-9H2,1-2H3,(H,29,33). The summed E-state index contributed by atoms with van der Waals surface area (Å²) in [4.78, 5) is 18.1. The Kier molecular flexibility index (Phi) is 5.35. The third-order valence-electron chi connectivity index (χ3n) is 6.06. The van der Waals surface area contributed by atoms with Crippen molar-refractivity contribution in [2.24, 2.45) is 7.05 Å². The first-order valence-electron chi connectivity index (χ1n) is 10.9. The third kappa shape index (κ3) is 3.96. The highest BCUT2D eigenvalue weighted by Crippen LogP contribution is 2.40. The SMILES string of the molecule is Cc1nn(C)c2nc(C3CC3)cc(C(=O)Nc3ccc(C(C#N)c4ccccc4)c(Cl)c3)c12. The Morgan fingerprint density at radius 3 is 2.64 bits per heavy atom. The lowest BCUT2D eigenvalue weighted by molar-refractivity contribution is 0.102. The zero-order chi connectivity index (χ0) is 23.1. The number of carbonyl (C=O) groups excluding carboxylic acids is 1. The van der Waals surface area contributed by atoms with E-state index in [0.29, 0.717) is 27.8 Å². The number of carbonyl (C=O) groups is 1. The number of amides is 1. The van der Waals surface area contributed by atoms with Gasteiger partial charge in [0.2, 0.25) is 0 Å². The van der Waals surface area contributed by atoms with E-state index in [9.17, 15) is 10.1 Å². The number of hydrogen-bond donors (Lipinski definition) is 1. The second kappa shape index (κ2) is 8.34. The Morgan fingerprint density at radius 1 is 1.21 bits per heavy atom. The van der Waals surface area contributed by atoms with Gasteiger partial charge < -0.3 is 5.32 Å². The summed E-state index contributed by atoms with van der Waals surface area (Å²) < 4.78 is 1.73. The van der Waals surface area contributed by atoms with Crippen molar-refractivity contribution in [3.63, 3.8) is 0 Å². The van der Waals surface area contributed by atoms with Gasteiger partial charge in [0.05, 0.1) is 28.6 Å². The van der Waals surface area contributed by atoms with Crippen LogP contribution in [0.15, 0.2) is 54.6 Å². The van der Waals surface area contributed by atoms with Gasteiger partial charge in [0.1, 0.15) is 0 Å². The fourth-order valence-electron chi connectivity index (χ4n) is 4.24. The number of aryl methyl sites for hydroxylation is 2. The molecule has 2 heterocycles. The molecule has 1 fully saturated rings. The van der Waals surface area contributed by atoms with Crippen molar-refractivity contribution in [3.8, 4) is 6.07 Å². The summed E-state index contributed by atoms with van der Waals surface area (Å²) in [7, 11) is 1.84. The molecule has 5 rings (SSSR count). The molecule has 1 atom stereocenters. The molecular weight excluding hydrogens is 434 g/mol. The minimum atomic E-state index is -0.484. The van der Waals surface area contributed by atoms with Crippen LogP contribution in [0.5, 0.6) is 0 Å². The van der Waals surface area contributed by atoms with Crippen LogP contribution >= 0.6 is 11.6 Å². The maximum Gasteiger partial charge on any atom is 0.256 e. The van der Waals surface area contributed by atoms with Crippen molar-refractivity contribution < 1.29 is 4.79 Å². The minimum Gasteiger partial charge on any atom is -0.322 e. The molecule has 0 spiro atoms. The number of fused-ring (bicyclic) bond motifs is 1. The van der Waals surface area contributed by atoms with Crippen LogP contribution < -0.4 is 5.32 Å². The lowest BCUT2D eigenvalue weighted by Crippen LogP contribution is -2.14. The average Bonchev–Trinajstić information content (AvgIpc) is 3.62. The molecule has 1 N–H and O–H groups in total. The highest BCUT2D eigenvalue weighted by molar-refractivity contribution is 6.32. The quantitative estimate of drug-likeness (QED) is 0.417. The smallest absolute Gasteiger partial charge is 0.256 e. The van der Waals surface area contributed by atoms with E-state index in [1.54, 1.807) is 22.9 Å². The van der Waals surface area contributed by atoms with E-state index >= 15 is 0 Å². The summed E-state index contributed by atoms with van der Waals surface area (Å²) in [6, 6.07) is 19.0. The van der Waals surface area contributed by atoms with Crippen LogP contribution in [0.2, 0.25) is 5.02 Å². The highest BCUT2D eigenvalue weighted by Gasteiger charge is 2.28. The highest BCUT2D eigenvalue weighted by atomic mass is 35.5. The zero-order valence-corrected chi connectivity index (χ0v) is 19.1. The second-order valence-electron chi connectivity index (χ2n) is 8.44. The molecule has 4 aromatic rings. The van der Waals surface area contributed by atoms with Crippen molar-refractivity contribution in [2.45, 2.75) is 31.6 Å². The largest absolute Gasteiger partial charge is 0.322 e. The van der Waals surface area contributed by atoms with Crippen LogP contribution in [0.1, 0.15) is 57.6 Å². The molecule has 0 aliphatic heterocycles. The summed E-state index contributed by atoms with van der Waals surface area (Å²) in [5.41, 5.74) is 5.12. The van der Waals surface area contributed by atoms with Crippen molar-refractivity contribution in [1.29, 1.82) is 5.26 Å². The molecule has 1 aliphatic rings. The first-order valence-corrected chi connectivity index (χ1v) is 11.2. The Hall–Kier alpha value is -3.69. The van der Waals surface area contributed by atoms with E-state index in [-0.39, 0.29) is 5.91 Å². The molecule has 7 heteroatoms. The van der Waals surface area contributed by atoms with Gasteiger partial charge in [0.15, 0.2) is 5.65 Å². The lowest BCUT2D eigenvalue weighted by Gasteiger charge is -2.14. The molecule has 6 nitrogen and oxygen atoms in total. The van der Waals surface area contributed by atoms with Crippen LogP contribution in [-0.2, 0) is 7.05 Å². The fraction of sp³-hybridized carbons (Fsp3) is 0.231. The number of nitriles is 1. The topological polar surface area (TPSA) is 83.6 Å². The second-order valence-corrected chi connectivity index (χ2v) is 8.85. The predicted octanol–water partition coefficient (Wildman–Crippen LogP) is 5.72. The maximum atomic E-state index is 13.3. The van der Waals surface area contributed by atoms with E-state index in [4.69, 9.17) is 16.6 Å². The Labute approximate surface area is 196 Å². The van der Waals surface area contributed by atoms with Crippen LogP contribution in [0, 0.1) is 18.3 Å². The van der Waals surface area contributed by atoms with E-state index in [1.807, 2.05) is 50.4 Å². The predicted molar refractivity (Wildman–Crippen MR) is 129 cm³/mol. The molecule has 0 bridgehead atoms. The number of halogens is 1. The van der Waals surface area contributed by atoms with Gasteiger partial charge in [-0.3, -0.25) is 9.48 Å². The molecule has 1 unspecified atom stereocenters. The minimum absolute atomic E-state index is 0.232. The van der Waals surface area contributed by atoms with Gasteiger partial charge in [-0.2, -0.15) is 10.4 Å². The van der Waals surface area contributed by atoms with E-state index in [2.05, 4.69) is 16.5 Å². The molecule has 2 aromatic carbocycles. The van der Waals surface area contributed by atoms with Crippen LogP contribution in [0.25, 0.3) is 11.0 Å². The van der Waals surface area contributed by atoms with Crippen molar-refractivity contribution in [1.82, 2.24) is 14.8 Å². The number of aromatic nitrogens is 3. The zero-order valence-electron chi connectivity index (χ0n) is 18.3. The van der Waals surface area contributed by atoms with E-state index in [0.717, 1.165) is 40.8 Å². The first-order chi connectivity index (χ1) is 16.0. The summed E-state index contributed by atoms with van der Waals surface area (Å²) in [5.74, 6) is -0.308. The maximum absolute atomic E-state index is 13.3. The summed E-state index contributed by atoms with van der Waals surface area (Å²) in [5, 5.41) is 18.4. The summed E-state index contributed by atoms with van der Waals surface area (Å²) in [6.45, 7) is 1.88. The van der Waals surface area contributed by atoms with Crippen molar-refractivity contribution in [3.05, 3.63) is 87.7 Å². The van der Waals surface area contributed by atoms with Crippen molar-refractivity contribution >= 4 is 34.2 Å². The number of pyridine rings is 1. The van der Waals surface area contributed by atoms with Crippen LogP contribution in [0.4, 0.5) is 5.69 Å². The van der Waals surface area contributed by atoms with E-state index in [1.165, 1.54) is 0 Å². The molecule has 1 amide bonds. The number of hydrogen-bond acceptors (Lipinski definition) is 4. The van der Waals surface area contributed by atoms with Gasteiger partial charge in [0, 0.05) is 29.4 Å². The normalized spacial score (nSPS) is 14.1. The van der Waals surface area contributed by atoms with Crippen LogP contribution in [-0.4, -0.2) is 20.7 Å². The first kappa shape index (κ1) is 21.2. The molecule has 0 radical (unpaired) electrons. The van der Waals surface area contributed by atoms with Gasteiger partial charge in [-0.05, 0) is 49.1 Å². The van der Waals surface area contributed by atoms with Gasteiger partial charge in [0.25, 0.3) is 5.91 Å². The Bertz CT molecular complexity index is 1420. The molecule has 1 aliphatic carbocycles. The number of nitrogens with one attached hydrogen (secondary N) is 1.